The summed E-state index contributed by atoms with van der Waals surface area (Å²) < 4.78 is 0. The summed E-state index contributed by atoms with van der Waals surface area (Å²) >= 11 is 0. The number of hydrogen-bond donors (Lipinski definition) is 1. The fourth-order valence-corrected chi connectivity index (χ4v) is 4.45. The van der Waals surface area contributed by atoms with Gasteiger partial charge in [0.1, 0.15) is 0 Å². The van der Waals surface area contributed by atoms with Gasteiger partial charge in [-0.25, -0.2) is 0 Å². The summed E-state index contributed by atoms with van der Waals surface area (Å²) in [6, 6.07) is 21.7. The van der Waals surface area contributed by atoms with Gasteiger partial charge in [-0.15, -0.1) is 24.0 Å². The Labute approximate surface area is 192 Å². The smallest absolute Gasteiger partial charge is 0.193 e. The molecule has 29 heavy (non-hydrogen) atoms. The van der Waals surface area contributed by atoms with E-state index < -0.39 is 0 Å². The highest BCUT2D eigenvalue weighted by molar-refractivity contribution is 14.0. The van der Waals surface area contributed by atoms with E-state index >= 15 is 0 Å². The minimum atomic E-state index is 0. The highest BCUT2D eigenvalue weighted by atomic mass is 127. The van der Waals surface area contributed by atoms with Crippen molar-refractivity contribution in [2.75, 3.05) is 44.2 Å². The Morgan fingerprint density at radius 1 is 0.966 bits per heavy atom. The van der Waals surface area contributed by atoms with E-state index in [1.807, 2.05) is 0 Å². The van der Waals surface area contributed by atoms with Crippen molar-refractivity contribution in [3.05, 3.63) is 66.2 Å². The number of benzene rings is 2. The number of hydrogen-bond acceptors (Lipinski definition) is 2. The lowest BCUT2D eigenvalue weighted by Gasteiger charge is -2.22. The fraction of sp³-hybridized carbons (Fsp3) is 0.458. The van der Waals surface area contributed by atoms with Crippen molar-refractivity contribution in [2.24, 2.45) is 10.9 Å². The number of rotatable bonds is 5. The zero-order chi connectivity index (χ0) is 19.2. The second-order valence-electron chi connectivity index (χ2n) is 7.97. The average Bonchev–Trinajstić information content (AvgIpc) is 3.43. The molecular formula is C24H33IN4. The summed E-state index contributed by atoms with van der Waals surface area (Å²) in [6.07, 6.45) is 2.43. The number of nitrogens with zero attached hydrogens (tertiary/aromatic N) is 3. The molecule has 2 aliphatic rings. The first kappa shape index (κ1) is 21.9. The van der Waals surface area contributed by atoms with E-state index in [0.717, 1.165) is 45.2 Å². The van der Waals surface area contributed by atoms with Gasteiger partial charge in [-0.3, -0.25) is 4.99 Å². The number of anilines is 1. The molecule has 0 spiro atoms. The van der Waals surface area contributed by atoms with Crippen LogP contribution in [-0.2, 0) is 0 Å². The van der Waals surface area contributed by atoms with Crippen LogP contribution in [0.2, 0.25) is 0 Å². The zero-order valence-corrected chi connectivity index (χ0v) is 19.7. The number of nitrogens with one attached hydrogen (secondary N) is 1. The predicted octanol–water partition coefficient (Wildman–Crippen LogP) is 4.59. The molecule has 1 N–H and O–H groups in total. The molecule has 2 unspecified atom stereocenters. The van der Waals surface area contributed by atoms with Gasteiger partial charge < -0.3 is 15.1 Å². The maximum atomic E-state index is 5.04. The van der Waals surface area contributed by atoms with Crippen LogP contribution in [-0.4, -0.2) is 50.1 Å². The molecule has 2 fully saturated rings. The van der Waals surface area contributed by atoms with Crippen molar-refractivity contribution in [1.82, 2.24) is 10.2 Å². The molecule has 156 valence electrons. The van der Waals surface area contributed by atoms with Crippen LogP contribution < -0.4 is 10.2 Å². The first-order valence-corrected chi connectivity index (χ1v) is 10.7. The van der Waals surface area contributed by atoms with E-state index in [1.54, 1.807) is 0 Å². The van der Waals surface area contributed by atoms with Crippen LogP contribution in [0.5, 0.6) is 0 Å². The third kappa shape index (κ3) is 5.65. The quantitative estimate of drug-likeness (QED) is 0.367. The summed E-state index contributed by atoms with van der Waals surface area (Å²) in [5.41, 5.74) is 2.79. The fourth-order valence-electron chi connectivity index (χ4n) is 4.45. The summed E-state index contributed by atoms with van der Waals surface area (Å²) in [5, 5.41) is 3.53. The van der Waals surface area contributed by atoms with Gasteiger partial charge in [-0.1, -0.05) is 48.5 Å². The van der Waals surface area contributed by atoms with E-state index in [2.05, 4.69) is 82.7 Å². The van der Waals surface area contributed by atoms with Crippen LogP contribution in [0.15, 0.2) is 65.7 Å². The van der Waals surface area contributed by atoms with Crippen molar-refractivity contribution in [3.63, 3.8) is 0 Å². The minimum absolute atomic E-state index is 0. The monoisotopic (exact) mass is 504 g/mol. The molecule has 2 aromatic carbocycles. The van der Waals surface area contributed by atoms with E-state index in [-0.39, 0.29) is 24.0 Å². The number of para-hydroxylation sites is 1. The molecule has 0 saturated carbocycles. The molecule has 0 amide bonds. The second-order valence-corrected chi connectivity index (χ2v) is 7.97. The number of halogens is 1. The van der Waals surface area contributed by atoms with Crippen molar-refractivity contribution in [3.8, 4) is 0 Å². The van der Waals surface area contributed by atoms with E-state index in [1.165, 1.54) is 24.1 Å². The molecule has 2 aromatic rings. The van der Waals surface area contributed by atoms with Crippen LogP contribution >= 0.6 is 24.0 Å². The topological polar surface area (TPSA) is 30.9 Å². The summed E-state index contributed by atoms with van der Waals surface area (Å²) in [6.45, 7) is 8.40. The predicted molar refractivity (Wildman–Crippen MR) is 134 cm³/mol. The lowest BCUT2D eigenvalue weighted by Crippen LogP contribution is -2.40. The van der Waals surface area contributed by atoms with E-state index in [9.17, 15) is 0 Å². The first-order valence-electron chi connectivity index (χ1n) is 10.7. The number of guanidine groups is 1. The van der Waals surface area contributed by atoms with Crippen LogP contribution in [0, 0.1) is 5.92 Å². The zero-order valence-electron chi connectivity index (χ0n) is 17.3. The highest BCUT2D eigenvalue weighted by Crippen LogP contribution is 2.27. The molecule has 4 rings (SSSR count). The van der Waals surface area contributed by atoms with Crippen LogP contribution in [0.1, 0.15) is 31.2 Å². The molecule has 0 bridgehead atoms. The van der Waals surface area contributed by atoms with Gasteiger partial charge >= 0.3 is 0 Å². The molecule has 5 heteroatoms. The van der Waals surface area contributed by atoms with E-state index in [0.29, 0.717) is 11.8 Å². The van der Waals surface area contributed by atoms with Gasteiger partial charge in [0.05, 0.1) is 0 Å². The molecule has 2 aliphatic heterocycles. The first-order chi connectivity index (χ1) is 13.8. The van der Waals surface area contributed by atoms with Crippen molar-refractivity contribution in [1.29, 1.82) is 0 Å². The van der Waals surface area contributed by atoms with Crippen molar-refractivity contribution in [2.45, 2.75) is 25.7 Å². The minimum Gasteiger partial charge on any atom is -0.371 e. The summed E-state index contributed by atoms with van der Waals surface area (Å²) in [4.78, 5) is 9.98. The molecule has 2 atom stereocenters. The molecule has 0 aromatic heterocycles. The van der Waals surface area contributed by atoms with Gasteiger partial charge in [0, 0.05) is 50.9 Å². The summed E-state index contributed by atoms with van der Waals surface area (Å²) in [7, 11) is 0. The Hall–Kier alpha value is -1.76. The van der Waals surface area contributed by atoms with Gasteiger partial charge in [0.25, 0.3) is 0 Å². The molecule has 2 heterocycles. The Kier molecular flexibility index (Phi) is 8.21. The molecular weight excluding hydrogens is 471 g/mol. The van der Waals surface area contributed by atoms with Gasteiger partial charge in [0.2, 0.25) is 0 Å². The Morgan fingerprint density at radius 3 is 2.41 bits per heavy atom. The van der Waals surface area contributed by atoms with Crippen LogP contribution in [0.25, 0.3) is 0 Å². The SMILES string of the molecule is CCNC(=NCC1CCN(c2ccccc2)C1)N1CCC(c2ccccc2)C1.I. The molecule has 2 saturated heterocycles. The lowest BCUT2D eigenvalue weighted by atomic mass is 9.99. The molecule has 4 nitrogen and oxygen atoms in total. The molecule has 0 radical (unpaired) electrons. The Bertz CT molecular complexity index is 765. The standard InChI is InChI=1S/C24H32N4.HI/c1-2-25-24(28-16-14-22(19-28)21-9-5-3-6-10-21)26-17-20-13-15-27(18-20)23-11-7-4-8-12-23;/h3-12,20,22H,2,13-19H2,1H3,(H,25,26);1H. The lowest BCUT2D eigenvalue weighted by molar-refractivity contribution is 0.481. The third-order valence-electron chi connectivity index (χ3n) is 6.00. The van der Waals surface area contributed by atoms with Crippen molar-refractivity contribution >= 4 is 35.6 Å². The van der Waals surface area contributed by atoms with Crippen molar-refractivity contribution < 1.29 is 0 Å². The maximum absolute atomic E-state index is 5.04. The Balaban J connectivity index is 0.00000240. The van der Waals surface area contributed by atoms with Gasteiger partial charge in [-0.2, -0.15) is 0 Å². The summed E-state index contributed by atoms with van der Waals surface area (Å²) in [5.74, 6) is 2.35. The maximum Gasteiger partial charge on any atom is 0.193 e. The van der Waals surface area contributed by atoms with E-state index in [4.69, 9.17) is 4.99 Å². The van der Waals surface area contributed by atoms with Crippen LogP contribution in [0.4, 0.5) is 5.69 Å². The third-order valence-corrected chi connectivity index (χ3v) is 6.00. The number of likely N-dealkylation sites (tertiary alicyclic amines) is 1. The second kappa shape index (κ2) is 10.9. The highest BCUT2D eigenvalue weighted by Gasteiger charge is 2.27. The Morgan fingerprint density at radius 2 is 1.69 bits per heavy atom. The van der Waals surface area contributed by atoms with Gasteiger partial charge in [0.15, 0.2) is 5.96 Å². The molecule has 0 aliphatic carbocycles. The van der Waals surface area contributed by atoms with Crippen LogP contribution in [0.3, 0.4) is 0 Å². The van der Waals surface area contributed by atoms with Gasteiger partial charge in [-0.05, 0) is 43.4 Å². The largest absolute Gasteiger partial charge is 0.371 e. The normalized spacial score (nSPS) is 21.9. The number of aliphatic imine (C=N–C) groups is 1. The average molecular weight is 504 g/mol.